The fourth-order valence-corrected chi connectivity index (χ4v) is 2.66. The Labute approximate surface area is 128 Å². The third kappa shape index (κ3) is 3.66. The molecule has 0 bridgehead atoms. The lowest BCUT2D eigenvalue weighted by atomic mass is 10.1. The maximum absolute atomic E-state index is 12.4. The van der Waals surface area contributed by atoms with Gasteiger partial charge < -0.3 is 4.90 Å². The SMILES string of the molecule is CCc1cnc(CN(C)C(=O)c2cn(C(C)(C)C)nn2)s1. The second-order valence-electron chi connectivity index (χ2n) is 5.95. The van der Waals surface area contributed by atoms with E-state index in [2.05, 4.69) is 22.2 Å². The molecule has 0 atom stereocenters. The van der Waals surface area contributed by atoms with Crippen LogP contribution < -0.4 is 0 Å². The molecule has 7 heteroatoms. The summed E-state index contributed by atoms with van der Waals surface area (Å²) in [5, 5.41) is 8.93. The normalized spacial score (nSPS) is 11.7. The number of amides is 1. The second-order valence-corrected chi connectivity index (χ2v) is 7.15. The zero-order valence-electron chi connectivity index (χ0n) is 13.1. The van der Waals surface area contributed by atoms with E-state index < -0.39 is 0 Å². The summed E-state index contributed by atoms with van der Waals surface area (Å²) < 4.78 is 1.70. The monoisotopic (exact) mass is 307 g/mol. The van der Waals surface area contributed by atoms with Crippen LogP contribution in [-0.2, 0) is 18.5 Å². The molecule has 0 saturated heterocycles. The van der Waals surface area contributed by atoms with Crippen LogP contribution in [0.4, 0.5) is 0 Å². The Hall–Kier alpha value is -1.76. The Balaban J connectivity index is 2.06. The number of nitrogens with zero attached hydrogens (tertiary/aromatic N) is 5. The largest absolute Gasteiger partial charge is 0.333 e. The standard InChI is InChI=1S/C14H21N5OS/c1-6-10-7-15-12(21-10)9-18(5)13(20)11-8-19(17-16-11)14(2,3)4/h7-8H,6,9H2,1-5H3. The fraction of sp³-hybridized carbons (Fsp3) is 0.571. The smallest absolute Gasteiger partial charge is 0.276 e. The average Bonchev–Trinajstić information content (AvgIpc) is 3.05. The van der Waals surface area contributed by atoms with Crippen LogP contribution in [0.5, 0.6) is 0 Å². The summed E-state index contributed by atoms with van der Waals surface area (Å²) in [5.74, 6) is -0.140. The minimum atomic E-state index is -0.185. The van der Waals surface area contributed by atoms with E-state index in [1.54, 1.807) is 34.2 Å². The van der Waals surface area contributed by atoms with Crippen LogP contribution in [-0.4, -0.2) is 37.8 Å². The summed E-state index contributed by atoms with van der Waals surface area (Å²) in [4.78, 5) is 19.5. The molecule has 0 aliphatic rings. The summed E-state index contributed by atoms with van der Waals surface area (Å²) >= 11 is 1.64. The lowest BCUT2D eigenvalue weighted by Crippen LogP contribution is -2.26. The van der Waals surface area contributed by atoms with Crippen molar-refractivity contribution in [2.75, 3.05) is 7.05 Å². The predicted molar refractivity (Wildman–Crippen MR) is 82.3 cm³/mol. The molecule has 6 nitrogen and oxygen atoms in total. The third-order valence-corrected chi connectivity index (χ3v) is 4.20. The molecule has 1 amide bonds. The van der Waals surface area contributed by atoms with E-state index in [4.69, 9.17) is 0 Å². The molecule has 0 fully saturated rings. The zero-order chi connectivity index (χ0) is 15.6. The number of thiazole rings is 1. The summed E-state index contributed by atoms with van der Waals surface area (Å²) in [6.45, 7) is 8.63. The van der Waals surface area contributed by atoms with Crippen LogP contribution in [0, 0.1) is 0 Å². The van der Waals surface area contributed by atoms with Crippen LogP contribution in [0.3, 0.4) is 0 Å². The summed E-state index contributed by atoms with van der Waals surface area (Å²) in [6.07, 6.45) is 4.53. The summed E-state index contributed by atoms with van der Waals surface area (Å²) in [5.41, 5.74) is 0.176. The highest BCUT2D eigenvalue weighted by atomic mass is 32.1. The summed E-state index contributed by atoms with van der Waals surface area (Å²) in [7, 11) is 1.76. The van der Waals surface area contributed by atoms with Crippen molar-refractivity contribution in [3.63, 3.8) is 0 Å². The van der Waals surface area contributed by atoms with Crippen molar-refractivity contribution in [3.8, 4) is 0 Å². The van der Waals surface area contributed by atoms with Crippen molar-refractivity contribution in [1.82, 2.24) is 24.9 Å². The third-order valence-electron chi connectivity index (χ3n) is 3.07. The molecule has 0 N–H and O–H groups in total. The highest BCUT2D eigenvalue weighted by Gasteiger charge is 2.21. The van der Waals surface area contributed by atoms with Crippen molar-refractivity contribution in [2.45, 2.75) is 46.2 Å². The van der Waals surface area contributed by atoms with Gasteiger partial charge in [0, 0.05) is 18.1 Å². The Morgan fingerprint density at radius 2 is 2.14 bits per heavy atom. The highest BCUT2D eigenvalue weighted by Crippen LogP contribution is 2.16. The van der Waals surface area contributed by atoms with Gasteiger partial charge in [-0.3, -0.25) is 4.79 Å². The van der Waals surface area contributed by atoms with Gasteiger partial charge in [-0.2, -0.15) is 0 Å². The second kappa shape index (κ2) is 5.93. The lowest BCUT2D eigenvalue weighted by molar-refractivity contribution is 0.0779. The number of aromatic nitrogens is 4. The number of carbonyl (C=O) groups excluding carboxylic acids is 1. The van der Waals surface area contributed by atoms with Gasteiger partial charge in [-0.1, -0.05) is 12.1 Å². The molecule has 0 unspecified atom stereocenters. The van der Waals surface area contributed by atoms with Crippen molar-refractivity contribution >= 4 is 17.2 Å². The van der Waals surface area contributed by atoms with Gasteiger partial charge in [0.05, 0.1) is 18.3 Å². The molecule has 114 valence electrons. The first-order valence-corrected chi connectivity index (χ1v) is 7.74. The highest BCUT2D eigenvalue weighted by molar-refractivity contribution is 7.11. The van der Waals surface area contributed by atoms with Crippen LogP contribution in [0.1, 0.15) is 48.1 Å². The van der Waals surface area contributed by atoms with Crippen molar-refractivity contribution in [2.24, 2.45) is 0 Å². The molecule has 2 heterocycles. The molecule has 21 heavy (non-hydrogen) atoms. The van der Waals surface area contributed by atoms with E-state index in [1.807, 2.05) is 27.0 Å². The first-order chi connectivity index (χ1) is 9.81. The van der Waals surface area contributed by atoms with Crippen LogP contribution in [0.15, 0.2) is 12.4 Å². The number of hydrogen-bond donors (Lipinski definition) is 0. The van der Waals surface area contributed by atoms with Gasteiger partial charge >= 0.3 is 0 Å². The number of carbonyl (C=O) groups is 1. The molecule has 0 aliphatic carbocycles. The molecule has 0 aromatic carbocycles. The number of hydrogen-bond acceptors (Lipinski definition) is 5. The van der Waals surface area contributed by atoms with Gasteiger partial charge in [0.1, 0.15) is 5.01 Å². The Morgan fingerprint density at radius 3 is 2.67 bits per heavy atom. The van der Waals surface area contributed by atoms with Gasteiger partial charge in [0.25, 0.3) is 5.91 Å². The fourth-order valence-electron chi connectivity index (χ4n) is 1.74. The van der Waals surface area contributed by atoms with E-state index in [9.17, 15) is 4.79 Å². The van der Waals surface area contributed by atoms with Crippen LogP contribution >= 0.6 is 11.3 Å². The minimum Gasteiger partial charge on any atom is -0.333 e. The van der Waals surface area contributed by atoms with Gasteiger partial charge in [0.2, 0.25) is 0 Å². The maximum Gasteiger partial charge on any atom is 0.276 e. The first-order valence-electron chi connectivity index (χ1n) is 6.93. The molecule has 0 aliphatic heterocycles. The Kier molecular flexibility index (Phi) is 4.41. The van der Waals surface area contributed by atoms with Crippen LogP contribution in [0.2, 0.25) is 0 Å². The molecule has 0 radical (unpaired) electrons. The zero-order valence-corrected chi connectivity index (χ0v) is 13.9. The van der Waals surface area contributed by atoms with E-state index in [0.717, 1.165) is 11.4 Å². The minimum absolute atomic E-state index is 0.140. The van der Waals surface area contributed by atoms with Crippen LogP contribution in [0.25, 0.3) is 0 Å². The summed E-state index contributed by atoms with van der Waals surface area (Å²) in [6, 6.07) is 0. The molecular formula is C14H21N5OS. The van der Waals surface area contributed by atoms with Gasteiger partial charge in [0.15, 0.2) is 5.69 Å². The van der Waals surface area contributed by atoms with E-state index >= 15 is 0 Å². The van der Waals surface area contributed by atoms with E-state index in [-0.39, 0.29) is 11.4 Å². The van der Waals surface area contributed by atoms with E-state index in [0.29, 0.717) is 12.2 Å². The molecule has 0 saturated carbocycles. The number of rotatable bonds is 4. The molecule has 0 spiro atoms. The molecule has 2 aromatic rings. The topological polar surface area (TPSA) is 63.9 Å². The van der Waals surface area contributed by atoms with Crippen molar-refractivity contribution < 1.29 is 4.79 Å². The van der Waals surface area contributed by atoms with E-state index in [1.165, 1.54) is 4.88 Å². The quantitative estimate of drug-likeness (QED) is 0.869. The van der Waals surface area contributed by atoms with Gasteiger partial charge in [-0.05, 0) is 27.2 Å². The first kappa shape index (κ1) is 15.6. The van der Waals surface area contributed by atoms with Gasteiger partial charge in [-0.25, -0.2) is 9.67 Å². The van der Waals surface area contributed by atoms with Crippen molar-refractivity contribution in [3.05, 3.63) is 28.0 Å². The average molecular weight is 307 g/mol. The molecular weight excluding hydrogens is 286 g/mol. The molecule has 2 rings (SSSR count). The predicted octanol–water partition coefficient (Wildman–Crippen LogP) is 2.32. The van der Waals surface area contributed by atoms with Gasteiger partial charge in [-0.15, -0.1) is 16.4 Å². The number of aryl methyl sites for hydroxylation is 1. The Bertz CT molecular complexity index is 625. The van der Waals surface area contributed by atoms with Crippen molar-refractivity contribution in [1.29, 1.82) is 0 Å². The maximum atomic E-state index is 12.4. The Morgan fingerprint density at radius 1 is 1.43 bits per heavy atom. The molecule has 2 aromatic heterocycles. The lowest BCUT2D eigenvalue weighted by Gasteiger charge is -2.17.